The third-order valence-corrected chi connectivity index (χ3v) is 2.55. The van der Waals surface area contributed by atoms with Gasteiger partial charge in [0.1, 0.15) is 6.29 Å². The molecule has 0 aromatic carbocycles. The number of aldehydes is 1. The first kappa shape index (κ1) is 10.2. The molecule has 1 rings (SSSR count). The summed E-state index contributed by atoms with van der Waals surface area (Å²) in [5.74, 6) is 0.428. The molecule has 0 atom stereocenters. The van der Waals surface area contributed by atoms with Gasteiger partial charge in [0, 0.05) is 25.4 Å². The maximum absolute atomic E-state index is 11.4. The third-order valence-electron chi connectivity index (χ3n) is 2.55. The molecule has 0 radical (unpaired) electrons. The number of hydrogen-bond donors (Lipinski definition) is 0. The van der Waals surface area contributed by atoms with Crippen molar-refractivity contribution in [3.8, 4) is 0 Å². The number of hydrogen-bond acceptors (Lipinski definition) is 2. The highest BCUT2D eigenvalue weighted by Crippen LogP contribution is 2.15. The van der Waals surface area contributed by atoms with E-state index in [9.17, 15) is 9.59 Å². The van der Waals surface area contributed by atoms with E-state index in [-0.39, 0.29) is 11.8 Å². The number of rotatable bonds is 3. The molecule has 1 saturated heterocycles. The second kappa shape index (κ2) is 5.00. The summed E-state index contributed by atoms with van der Waals surface area (Å²) in [6, 6.07) is 0. The monoisotopic (exact) mass is 183 g/mol. The molecule has 1 aliphatic rings. The summed E-state index contributed by atoms with van der Waals surface area (Å²) in [4.78, 5) is 23.8. The minimum absolute atomic E-state index is 0.186. The summed E-state index contributed by atoms with van der Waals surface area (Å²) in [6.07, 6.45) is 4.26. The van der Waals surface area contributed by atoms with Gasteiger partial charge in [0.05, 0.1) is 0 Å². The lowest BCUT2D eigenvalue weighted by atomic mass is 9.98. The van der Waals surface area contributed by atoms with Gasteiger partial charge in [0.2, 0.25) is 5.91 Å². The summed E-state index contributed by atoms with van der Waals surface area (Å²) in [5, 5.41) is 0. The first-order valence-electron chi connectivity index (χ1n) is 5.01. The molecular weight excluding hydrogens is 166 g/mol. The van der Waals surface area contributed by atoms with E-state index in [1.54, 1.807) is 0 Å². The predicted molar refractivity (Wildman–Crippen MR) is 50.3 cm³/mol. The highest BCUT2D eigenvalue weighted by Gasteiger charge is 2.21. The lowest BCUT2D eigenvalue weighted by molar-refractivity contribution is -0.133. The zero-order chi connectivity index (χ0) is 9.68. The van der Waals surface area contributed by atoms with Crippen LogP contribution in [0, 0.1) is 5.92 Å². The lowest BCUT2D eigenvalue weighted by Gasteiger charge is -2.29. The summed E-state index contributed by atoms with van der Waals surface area (Å²) in [6.45, 7) is 3.54. The van der Waals surface area contributed by atoms with Crippen LogP contribution < -0.4 is 0 Å². The van der Waals surface area contributed by atoms with Gasteiger partial charge in [-0.15, -0.1) is 0 Å². The first-order valence-corrected chi connectivity index (χ1v) is 5.01. The normalized spacial score (nSPS) is 18.7. The predicted octanol–water partition coefficient (Wildman–Crippen LogP) is 1.22. The molecular formula is C10H17NO2. The summed E-state index contributed by atoms with van der Waals surface area (Å²) >= 11 is 0. The smallest absolute Gasteiger partial charge is 0.222 e. The SMILES string of the molecule is CCCC(=O)N1CCC(C=O)CC1. The van der Waals surface area contributed by atoms with E-state index in [1.165, 1.54) is 0 Å². The van der Waals surface area contributed by atoms with Crippen molar-refractivity contribution < 1.29 is 9.59 Å². The Kier molecular flexibility index (Phi) is 3.93. The van der Waals surface area contributed by atoms with E-state index in [4.69, 9.17) is 0 Å². The standard InChI is InChI=1S/C10H17NO2/c1-2-3-10(13)11-6-4-9(8-12)5-7-11/h8-9H,2-7H2,1H3. The van der Waals surface area contributed by atoms with Crippen molar-refractivity contribution in [1.82, 2.24) is 4.90 Å². The van der Waals surface area contributed by atoms with Crippen molar-refractivity contribution in [2.75, 3.05) is 13.1 Å². The van der Waals surface area contributed by atoms with E-state index in [2.05, 4.69) is 0 Å². The fourth-order valence-electron chi connectivity index (χ4n) is 1.66. The second-order valence-corrected chi connectivity index (χ2v) is 3.60. The molecule has 0 unspecified atom stereocenters. The Labute approximate surface area is 79.1 Å². The maximum Gasteiger partial charge on any atom is 0.222 e. The third kappa shape index (κ3) is 2.83. The Bertz CT molecular complexity index is 183. The van der Waals surface area contributed by atoms with Crippen molar-refractivity contribution in [2.24, 2.45) is 5.92 Å². The lowest BCUT2D eigenvalue weighted by Crippen LogP contribution is -2.38. The molecule has 0 saturated carbocycles. The number of carbonyl (C=O) groups excluding carboxylic acids is 2. The van der Waals surface area contributed by atoms with Crippen molar-refractivity contribution in [1.29, 1.82) is 0 Å². The van der Waals surface area contributed by atoms with E-state index >= 15 is 0 Å². The molecule has 0 bridgehead atoms. The van der Waals surface area contributed by atoms with Crippen LogP contribution in [-0.2, 0) is 9.59 Å². The molecule has 1 fully saturated rings. The highest BCUT2D eigenvalue weighted by atomic mass is 16.2. The fourth-order valence-corrected chi connectivity index (χ4v) is 1.66. The molecule has 13 heavy (non-hydrogen) atoms. The zero-order valence-electron chi connectivity index (χ0n) is 8.16. The van der Waals surface area contributed by atoms with Crippen LogP contribution in [0.15, 0.2) is 0 Å². The van der Waals surface area contributed by atoms with Gasteiger partial charge < -0.3 is 9.69 Å². The molecule has 3 heteroatoms. The molecule has 3 nitrogen and oxygen atoms in total. The van der Waals surface area contributed by atoms with Crippen molar-refractivity contribution in [3.05, 3.63) is 0 Å². The fraction of sp³-hybridized carbons (Fsp3) is 0.800. The maximum atomic E-state index is 11.4. The summed E-state index contributed by atoms with van der Waals surface area (Å²) in [7, 11) is 0. The molecule has 0 N–H and O–H groups in total. The van der Waals surface area contributed by atoms with Crippen LogP contribution in [0.2, 0.25) is 0 Å². The number of likely N-dealkylation sites (tertiary alicyclic amines) is 1. The Morgan fingerprint density at radius 2 is 2.08 bits per heavy atom. The topological polar surface area (TPSA) is 37.4 Å². The van der Waals surface area contributed by atoms with Gasteiger partial charge in [-0.25, -0.2) is 0 Å². The van der Waals surface area contributed by atoms with Crippen LogP contribution in [0.4, 0.5) is 0 Å². The summed E-state index contributed by atoms with van der Waals surface area (Å²) < 4.78 is 0. The van der Waals surface area contributed by atoms with E-state index in [1.807, 2.05) is 11.8 Å². The van der Waals surface area contributed by atoms with Crippen LogP contribution in [0.5, 0.6) is 0 Å². The minimum atomic E-state index is 0.186. The Hall–Kier alpha value is -0.860. The second-order valence-electron chi connectivity index (χ2n) is 3.60. The minimum Gasteiger partial charge on any atom is -0.343 e. The number of amides is 1. The van der Waals surface area contributed by atoms with Gasteiger partial charge in [-0.3, -0.25) is 4.79 Å². The Balaban J connectivity index is 2.31. The highest BCUT2D eigenvalue weighted by molar-refractivity contribution is 5.76. The number of nitrogens with zero attached hydrogens (tertiary/aromatic N) is 1. The molecule has 1 aliphatic heterocycles. The van der Waals surface area contributed by atoms with E-state index < -0.39 is 0 Å². The summed E-state index contributed by atoms with van der Waals surface area (Å²) in [5.41, 5.74) is 0. The average Bonchev–Trinajstić information content (AvgIpc) is 2.18. The molecule has 0 aromatic heterocycles. The Morgan fingerprint density at radius 3 is 2.54 bits per heavy atom. The van der Waals surface area contributed by atoms with Crippen molar-refractivity contribution >= 4 is 12.2 Å². The van der Waals surface area contributed by atoms with Gasteiger partial charge in [-0.2, -0.15) is 0 Å². The number of piperidine rings is 1. The van der Waals surface area contributed by atoms with E-state index in [0.29, 0.717) is 6.42 Å². The van der Waals surface area contributed by atoms with Crippen molar-refractivity contribution in [3.63, 3.8) is 0 Å². The van der Waals surface area contributed by atoms with Crippen LogP contribution >= 0.6 is 0 Å². The van der Waals surface area contributed by atoms with Gasteiger partial charge >= 0.3 is 0 Å². The van der Waals surface area contributed by atoms with Gasteiger partial charge in [0.25, 0.3) is 0 Å². The number of carbonyl (C=O) groups is 2. The van der Waals surface area contributed by atoms with Gasteiger partial charge in [-0.05, 0) is 19.3 Å². The molecule has 0 spiro atoms. The molecule has 0 aliphatic carbocycles. The van der Waals surface area contributed by atoms with Crippen molar-refractivity contribution in [2.45, 2.75) is 32.6 Å². The largest absolute Gasteiger partial charge is 0.343 e. The first-order chi connectivity index (χ1) is 6.27. The molecule has 74 valence electrons. The zero-order valence-corrected chi connectivity index (χ0v) is 8.16. The Morgan fingerprint density at radius 1 is 1.46 bits per heavy atom. The average molecular weight is 183 g/mol. The van der Waals surface area contributed by atoms with E-state index in [0.717, 1.165) is 38.6 Å². The van der Waals surface area contributed by atoms with Gasteiger partial charge in [-0.1, -0.05) is 6.92 Å². The molecule has 1 heterocycles. The molecule has 0 aromatic rings. The molecule has 1 amide bonds. The van der Waals surface area contributed by atoms with Crippen LogP contribution in [-0.4, -0.2) is 30.2 Å². The van der Waals surface area contributed by atoms with Crippen LogP contribution in [0.25, 0.3) is 0 Å². The van der Waals surface area contributed by atoms with Gasteiger partial charge in [0.15, 0.2) is 0 Å². The quantitative estimate of drug-likeness (QED) is 0.617. The van der Waals surface area contributed by atoms with Crippen LogP contribution in [0.1, 0.15) is 32.6 Å². The van der Waals surface area contributed by atoms with Crippen LogP contribution in [0.3, 0.4) is 0 Å².